The molecular formula is C38H56N4O5S. The van der Waals surface area contributed by atoms with Crippen LogP contribution in [0.2, 0.25) is 0 Å². The number of amides is 2. The molecular weight excluding hydrogens is 625 g/mol. The molecule has 1 saturated heterocycles. The van der Waals surface area contributed by atoms with Gasteiger partial charge in [0.25, 0.3) is 5.91 Å². The fourth-order valence-electron chi connectivity index (χ4n) is 7.48. The van der Waals surface area contributed by atoms with E-state index in [9.17, 15) is 19.2 Å². The molecule has 0 bridgehead atoms. The topological polar surface area (TPSA) is 109 Å². The minimum Gasteiger partial charge on any atom is -0.455 e. The van der Waals surface area contributed by atoms with Gasteiger partial charge in [-0.1, -0.05) is 70.9 Å². The average Bonchev–Trinajstić information content (AvgIpc) is 3.51. The van der Waals surface area contributed by atoms with Crippen LogP contribution in [0.25, 0.3) is 0 Å². The Hall–Kier alpha value is -3.11. The van der Waals surface area contributed by atoms with Crippen molar-refractivity contribution < 1.29 is 23.9 Å². The summed E-state index contributed by atoms with van der Waals surface area (Å²) in [6.45, 7) is 10.7. The van der Waals surface area contributed by atoms with Crippen LogP contribution < -0.4 is 5.32 Å². The lowest BCUT2D eigenvalue weighted by Gasteiger charge is -2.46. The largest absolute Gasteiger partial charge is 0.455 e. The molecule has 0 spiro atoms. The first-order valence-electron chi connectivity index (χ1n) is 17.8. The number of likely N-dealkylation sites (tertiary alicyclic amines) is 1. The summed E-state index contributed by atoms with van der Waals surface area (Å²) in [6, 6.07) is 9.69. The van der Waals surface area contributed by atoms with Gasteiger partial charge < -0.3 is 15.0 Å². The van der Waals surface area contributed by atoms with Crippen molar-refractivity contribution in [2.24, 2.45) is 17.3 Å². The number of thiazole rings is 1. The minimum absolute atomic E-state index is 0.00495. The molecule has 264 valence electrons. The van der Waals surface area contributed by atoms with E-state index in [0.717, 1.165) is 50.6 Å². The Morgan fingerprint density at radius 1 is 1.06 bits per heavy atom. The Labute approximate surface area is 291 Å². The monoisotopic (exact) mass is 680 g/mol. The molecule has 48 heavy (non-hydrogen) atoms. The van der Waals surface area contributed by atoms with Crippen LogP contribution in [0, 0.1) is 17.3 Å². The molecule has 2 fully saturated rings. The standard InChI is InChI=1S/C38H56N4O5S/c1-25(2)20-29(21-28-14-9-8-10-15-28)39-35(45)30-24-48-36(40-30)34(47-27(5)43)22-32(26(3)4)42(7)37(46)38(17-13-18-38)23-33(44)31-16-11-12-19-41(31)6/h8-10,14-15,24-26,29,31-32,34H,11-13,16-23H2,1-7H3,(H,39,45)/t29-,31-,32-,34-/m1/s1. The van der Waals surface area contributed by atoms with Gasteiger partial charge in [-0.3, -0.25) is 24.1 Å². The molecule has 0 radical (unpaired) electrons. The third-order valence-electron chi connectivity index (χ3n) is 10.2. The van der Waals surface area contributed by atoms with Gasteiger partial charge in [-0.25, -0.2) is 4.98 Å². The van der Waals surface area contributed by atoms with Crippen molar-refractivity contribution in [3.63, 3.8) is 0 Å². The Morgan fingerprint density at radius 3 is 2.35 bits per heavy atom. The fourth-order valence-corrected chi connectivity index (χ4v) is 8.32. The lowest BCUT2D eigenvalue weighted by atomic mass is 9.64. The van der Waals surface area contributed by atoms with Gasteiger partial charge >= 0.3 is 5.97 Å². The molecule has 0 unspecified atom stereocenters. The second-order valence-electron chi connectivity index (χ2n) is 14.9. The predicted octanol–water partition coefficient (Wildman–Crippen LogP) is 6.62. The van der Waals surface area contributed by atoms with E-state index in [-0.39, 0.29) is 48.1 Å². The quantitative estimate of drug-likeness (QED) is 0.199. The van der Waals surface area contributed by atoms with Crippen molar-refractivity contribution >= 4 is 34.9 Å². The highest BCUT2D eigenvalue weighted by Gasteiger charge is 2.49. The van der Waals surface area contributed by atoms with Gasteiger partial charge in [0.05, 0.1) is 11.5 Å². The van der Waals surface area contributed by atoms with Crippen LogP contribution in [0.4, 0.5) is 0 Å². The first-order valence-corrected chi connectivity index (χ1v) is 18.6. The number of esters is 1. The van der Waals surface area contributed by atoms with Gasteiger partial charge in [0.15, 0.2) is 11.9 Å². The van der Waals surface area contributed by atoms with Gasteiger partial charge in [0, 0.05) is 44.3 Å². The third-order valence-corrected chi connectivity index (χ3v) is 11.2. The zero-order valence-electron chi connectivity index (χ0n) is 30.0. The van der Waals surface area contributed by atoms with E-state index in [0.29, 0.717) is 35.9 Å². The molecule has 2 amide bonds. The number of ketones is 1. The van der Waals surface area contributed by atoms with Crippen LogP contribution in [0.3, 0.4) is 0 Å². The van der Waals surface area contributed by atoms with Crippen LogP contribution in [0.15, 0.2) is 35.7 Å². The fraction of sp³-hybridized carbons (Fsp3) is 0.658. The number of carbonyl (C=O) groups is 4. The van der Waals surface area contributed by atoms with Crippen molar-refractivity contribution in [1.82, 2.24) is 20.1 Å². The number of aromatic nitrogens is 1. The van der Waals surface area contributed by atoms with Crippen molar-refractivity contribution in [2.45, 2.75) is 123 Å². The predicted molar refractivity (Wildman–Crippen MR) is 190 cm³/mol. The van der Waals surface area contributed by atoms with E-state index < -0.39 is 17.5 Å². The molecule has 1 aliphatic carbocycles. The number of benzene rings is 1. The van der Waals surface area contributed by atoms with E-state index in [2.05, 4.69) is 55.0 Å². The smallest absolute Gasteiger partial charge is 0.303 e. The first-order chi connectivity index (χ1) is 22.8. The van der Waals surface area contributed by atoms with Gasteiger partial charge in [-0.05, 0) is 69.5 Å². The summed E-state index contributed by atoms with van der Waals surface area (Å²) in [7, 11) is 3.83. The number of carbonyl (C=O) groups excluding carboxylic acids is 4. The van der Waals surface area contributed by atoms with Gasteiger partial charge in [-0.2, -0.15) is 0 Å². The van der Waals surface area contributed by atoms with Gasteiger partial charge in [-0.15, -0.1) is 11.3 Å². The lowest BCUT2D eigenvalue weighted by molar-refractivity contribution is -0.155. The molecule has 1 saturated carbocycles. The molecule has 1 N–H and O–H groups in total. The maximum absolute atomic E-state index is 14.2. The summed E-state index contributed by atoms with van der Waals surface area (Å²) in [5.41, 5.74) is 0.775. The number of hydrogen-bond acceptors (Lipinski definition) is 8. The average molecular weight is 681 g/mol. The number of Topliss-reactive ketones (excluding diaryl/α,β-unsaturated/α-hetero) is 1. The number of nitrogens with zero attached hydrogens (tertiary/aromatic N) is 3. The number of rotatable bonds is 16. The highest BCUT2D eigenvalue weighted by Crippen LogP contribution is 2.47. The molecule has 1 aromatic heterocycles. The SMILES string of the molecule is CC(=O)O[C@H](C[C@H](C(C)C)N(C)C(=O)C1(CC(=O)[C@H]2CCCCN2C)CCC1)c1nc(C(=O)N[C@@H](Cc2ccccc2)CC(C)C)cs1. The number of nitrogens with one attached hydrogen (secondary N) is 1. The molecule has 10 heteroatoms. The van der Waals surface area contributed by atoms with E-state index in [4.69, 9.17) is 4.74 Å². The molecule has 4 rings (SSSR count). The minimum atomic E-state index is -0.720. The summed E-state index contributed by atoms with van der Waals surface area (Å²) in [4.78, 5) is 62.1. The van der Waals surface area contributed by atoms with Crippen molar-refractivity contribution in [3.05, 3.63) is 52.0 Å². The number of ether oxygens (including phenoxy) is 1. The second-order valence-corrected chi connectivity index (χ2v) is 15.8. The number of piperidine rings is 1. The molecule has 2 aromatic rings. The normalized spacial score (nSPS) is 19.6. The summed E-state index contributed by atoms with van der Waals surface area (Å²) in [6.07, 6.45) is 6.80. The van der Waals surface area contributed by atoms with E-state index in [1.54, 1.807) is 10.3 Å². The second kappa shape index (κ2) is 17.0. The molecule has 9 nitrogen and oxygen atoms in total. The summed E-state index contributed by atoms with van der Waals surface area (Å²) < 4.78 is 5.81. The molecule has 2 aliphatic rings. The van der Waals surface area contributed by atoms with Crippen LogP contribution in [-0.4, -0.2) is 77.1 Å². The van der Waals surface area contributed by atoms with E-state index >= 15 is 0 Å². The van der Waals surface area contributed by atoms with Crippen molar-refractivity contribution in [1.29, 1.82) is 0 Å². The Balaban J connectivity index is 1.48. The maximum atomic E-state index is 14.2. The van der Waals surface area contributed by atoms with Crippen LogP contribution in [-0.2, 0) is 25.5 Å². The summed E-state index contributed by atoms with van der Waals surface area (Å²) >= 11 is 1.29. The van der Waals surface area contributed by atoms with Crippen LogP contribution >= 0.6 is 11.3 Å². The third kappa shape index (κ3) is 9.74. The van der Waals surface area contributed by atoms with Gasteiger partial charge in [0.1, 0.15) is 10.7 Å². The lowest BCUT2D eigenvalue weighted by Crippen LogP contribution is -2.54. The van der Waals surface area contributed by atoms with Crippen LogP contribution in [0.5, 0.6) is 0 Å². The van der Waals surface area contributed by atoms with E-state index in [1.165, 1.54) is 18.3 Å². The van der Waals surface area contributed by atoms with E-state index in [1.807, 2.05) is 32.3 Å². The maximum Gasteiger partial charge on any atom is 0.303 e. The van der Waals surface area contributed by atoms with Crippen LogP contribution in [0.1, 0.15) is 120 Å². The van der Waals surface area contributed by atoms with Gasteiger partial charge in [0.2, 0.25) is 5.91 Å². The first kappa shape index (κ1) is 37.7. The molecule has 1 aromatic carbocycles. The molecule has 2 heterocycles. The molecule has 1 aliphatic heterocycles. The Kier molecular flexibility index (Phi) is 13.4. The van der Waals surface area contributed by atoms with Crippen molar-refractivity contribution in [3.8, 4) is 0 Å². The summed E-state index contributed by atoms with van der Waals surface area (Å²) in [5.74, 6) is -0.0902. The van der Waals surface area contributed by atoms with Crippen molar-refractivity contribution in [2.75, 3.05) is 20.6 Å². The Bertz CT molecular complexity index is 1390. The molecule has 4 atom stereocenters. The zero-order valence-corrected chi connectivity index (χ0v) is 30.8. The Morgan fingerprint density at radius 2 is 1.77 bits per heavy atom. The summed E-state index contributed by atoms with van der Waals surface area (Å²) in [5, 5.41) is 5.43. The highest BCUT2D eigenvalue weighted by atomic mass is 32.1. The zero-order chi connectivity index (χ0) is 35.0. The number of likely N-dealkylation sites (N-methyl/N-ethyl adjacent to an activating group) is 1. The highest BCUT2D eigenvalue weighted by molar-refractivity contribution is 7.09. The number of hydrogen-bond donors (Lipinski definition) is 1.